The number of ether oxygens (including phenoxy) is 3. The molecule has 0 atom stereocenters. The summed E-state index contributed by atoms with van der Waals surface area (Å²) in [4.78, 5) is 25.6. The maximum Gasteiger partial charge on any atom is 0.419 e. The molecule has 29 heavy (non-hydrogen) atoms. The van der Waals surface area contributed by atoms with Crippen molar-refractivity contribution in [2.75, 3.05) is 13.2 Å². The molecule has 0 N–H and O–H groups in total. The number of imide groups is 1. The zero-order chi connectivity index (χ0) is 22.4. The van der Waals surface area contributed by atoms with E-state index >= 15 is 0 Å². The first kappa shape index (κ1) is 24.9. The lowest BCUT2D eigenvalue weighted by Crippen LogP contribution is -2.44. The number of rotatable bonds is 6. The second-order valence-electron chi connectivity index (χ2n) is 8.31. The SMILES string of the molecule is CC(C)(C)OC(=O)N(CCCOc1cc(F)c(CCl)c(F)c1)C(=O)OC(C)(C)C. The monoisotopic (exact) mass is 435 g/mol. The third-order valence-corrected chi connectivity index (χ3v) is 3.54. The minimum atomic E-state index is -0.852. The van der Waals surface area contributed by atoms with Crippen molar-refractivity contribution in [3.63, 3.8) is 0 Å². The van der Waals surface area contributed by atoms with Gasteiger partial charge in [0.05, 0.1) is 12.5 Å². The first-order valence-electron chi connectivity index (χ1n) is 9.13. The van der Waals surface area contributed by atoms with Gasteiger partial charge in [0.1, 0.15) is 28.6 Å². The lowest BCUT2D eigenvalue weighted by Gasteiger charge is -2.28. The van der Waals surface area contributed by atoms with Gasteiger partial charge in [-0.3, -0.25) is 0 Å². The molecule has 2 amide bonds. The zero-order valence-corrected chi connectivity index (χ0v) is 18.4. The average molecular weight is 436 g/mol. The van der Waals surface area contributed by atoms with Crippen molar-refractivity contribution in [3.05, 3.63) is 29.3 Å². The molecule has 0 bridgehead atoms. The molecule has 0 unspecified atom stereocenters. The molecule has 0 fully saturated rings. The summed E-state index contributed by atoms with van der Waals surface area (Å²) in [6, 6.07) is 2.06. The highest BCUT2D eigenvalue weighted by atomic mass is 35.5. The van der Waals surface area contributed by atoms with Crippen molar-refractivity contribution < 1.29 is 32.6 Å². The van der Waals surface area contributed by atoms with Crippen molar-refractivity contribution in [1.82, 2.24) is 4.90 Å². The predicted octanol–water partition coefficient (Wildman–Crippen LogP) is 5.64. The molecule has 0 aliphatic carbocycles. The molecule has 0 heterocycles. The molecule has 0 radical (unpaired) electrons. The molecule has 1 rings (SSSR count). The van der Waals surface area contributed by atoms with Gasteiger partial charge >= 0.3 is 12.2 Å². The van der Waals surface area contributed by atoms with Crippen molar-refractivity contribution in [3.8, 4) is 5.75 Å². The van der Waals surface area contributed by atoms with E-state index in [2.05, 4.69) is 0 Å². The number of carbonyl (C=O) groups excluding carboxylic acids is 2. The van der Waals surface area contributed by atoms with E-state index in [1.807, 2.05) is 0 Å². The van der Waals surface area contributed by atoms with Gasteiger partial charge in [-0.2, -0.15) is 0 Å². The number of hydrogen-bond donors (Lipinski definition) is 0. The number of amides is 2. The molecule has 0 aliphatic heterocycles. The number of benzene rings is 1. The molecule has 0 aliphatic rings. The van der Waals surface area contributed by atoms with Crippen LogP contribution in [-0.2, 0) is 15.4 Å². The summed E-state index contributed by atoms with van der Waals surface area (Å²) in [6.07, 6.45) is -1.51. The van der Waals surface area contributed by atoms with Crippen molar-refractivity contribution >= 4 is 23.8 Å². The highest BCUT2D eigenvalue weighted by molar-refractivity contribution is 6.17. The summed E-state index contributed by atoms with van der Waals surface area (Å²) in [5, 5.41) is 0. The molecule has 164 valence electrons. The van der Waals surface area contributed by atoms with Crippen LogP contribution in [0.2, 0.25) is 0 Å². The predicted molar refractivity (Wildman–Crippen MR) is 105 cm³/mol. The Hall–Kier alpha value is -2.09. The van der Waals surface area contributed by atoms with E-state index in [4.69, 9.17) is 25.8 Å². The maximum atomic E-state index is 13.7. The smallest absolute Gasteiger partial charge is 0.419 e. The Bertz CT molecular complexity index is 678. The Morgan fingerprint density at radius 1 is 0.966 bits per heavy atom. The Balaban J connectivity index is 2.75. The van der Waals surface area contributed by atoms with Gasteiger partial charge in [-0.1, -0.05) is 0 Å². The van der Waals surface area contributed by atoms with Crippen LogP contribution in [0.1, 0.15) is 53.5 Å². The summed E-state index contributed by atoms with van der Waals surface area (Å²) in [5.74, 6) is -1.92. The minimum absolute atomic E-state index is 0.00119. The Morgan fingerprint density at radius 3 is 1.79 bits per heavy atom. The number of hydrogen-bond acceptors (Lipinski definition) is 5. The third-order valence-electron chi connectivity index (χ3n) is 3.27. The van der Waals surface area contributed by atoms with Gasteiger partial charge in [-0.15, -0.1) is 11.6 Å². The van der Waals surface area contributed by atoms with Crippen LogP contribution in [0.15, 0.2) is 12.1 Å². The highest BCUT2D eigenvalue weighted by Gasteiger charge is 2.30. The normalized spacial score (nSPS) is 11.8. The zero-order valence-electron chi connectivity index (χ0n) is 17.6. The van der Waals surface area contributed by atoms with Crippen LogP contribution in [0.4, 0.5) is 18.4 Å². The van der Waals surface area contributed by atoms with Gasteiger partial charge < -0.3 is 14.2 Å². The van der Waals surface area contributed by atoms with E-state index in [0.29, 0.717) is 0 Å². The lowest BCUT2D eigenvalue weighted by atomic mass is 10.2. The number of carbonyl (C=O) groups is 2. The van der Waals surface area contributed by atoms with Gasteiger partial charge in [0, 0.05) is 24.2 Å². The number of halogens is 3. The van der Waals surface area contributed by atoms with Crippen LogP contribution in [0.3, 0.4) is 0 Å². The fourth-order valence-electron chi connectivity index (χ4n) is 2.09. The van der Waals surface area contributed by atoms with Crippen LogP contribution < -0.4 is 4.74 Å². The van der Waals surface area contributed by atoms with Gasteiger partial charge in [-0.25, -0.2) is 23.3 Å². The molecule has 0 aromatic heterocycles. The molecule has 0 saturated heterocycles. The Kier molecular flexibility index (Phi) is 8.68. The minimum Gasteiger partial charge on any atom is -0.493 e. The van der Waals surface area contributed by atoms with E-state index < -0.39 is 35.0 Å². The van der Waals surface area contributed by atoms with Crippen molar-refractivity contribution in [2.45, 2.75) is 65.0 Å². The topological polar surface area (TPSA) is 65.1 Å². The van der Waals surface area contributed by atoms with E-state index in [-0.39, 0.29) is 36.8 Å². The quantitative estimate of drug-likeness (QED) is 0.427. The van der Waals surface area contributed by atoms with Gasteiger partial charge in [0.15, 0.2) is 0 Å². The molecule has 1 aromatic rings. The molecule has 9 heteroatoms. The highest BCUT2D eigenvalue weighted by Crippen LogP contribution is 2.22. The first-order valence-corrected chi connectivity index (χ1v) is 9.67. The summed E-state index contributed by atoms with van der Waals surface area (Å²) >= 11 is 5.49. The lowest BCUT2D eigenvalue weighted by molar-refractivity contribution is 0.000802. The average Bonchev–Trinajstić information content (AvgIpc) is 2.50. The summed E-state index contributed by atoms with van der Waals surface area (Å²) < 4.78 is 43.3. The Labute approximate surface area is 175 Å². The first-order chi connectivity index (χ1) is 13.2. The molecule has 0 saturated carbocycles. The largest absolute Gasteiger partial charge is 0.493 e. The molecular formula is C20H28ClF2NO5. The van der Waals surface area contributed by atoms with Crippen LogP contribution in [-0.4, -0.2) is 41.4 Å². The van der Waals surface area contributed by atoms with Crippen LogP contribution in [0, 0.1) is 11.6 Å². The molecule has 0 spiro atoms. The Morgan fingerprint density at radius 2 is 1.41 bits per heavy atom. The number of alkyl halides is 1. The summed E-state index contributed by atoms with van der Waals surface area (Å²) in [6.45, 7) is 9.99. The second-order valence-corrected chi connectivity index (χ2v) is 8.58. The number of nitrogens with zero attached hydrogens (tertiary/aromatic N) is 1. The summed E-state index contributed by atoms with van der Waals surface area (Å²) in [5.41, 5.74) is -1.83. The second kappa shape index (κ2) is 10.1. The molecule has 6 nitrogen and oxygen atoms in total. The molecule has 1 aromatic carbocycles. The van der Waals surface area contributed by atoms with Gasteiger partial charge in [0.2, 0.25) is 0 Å². The fraction of sp³-hybridized carbons (Fsp3) is 0.600. The molecular weight excluding hydrogens is 408 g/mol. The maximum absolute atomic E-state index is 13.7. The van der Waals surface area contributed by atoms with E-state index in [1.54, 1.807) is 41.5 Å². The summed E-state index contributed by atoms with van der Waals surface area (Å²) in [7, 11) is 0. The van der Waals surface area contributed by atoms with Gasteiger partial charge in [0.25, 0.3) is 0 Å². The third kappa shape index (κ3) is 8.85. The fourth-order valence-corrected chi connectivity index (χ4v) is 2.35. The van der Waals surface area contributed by atoms with E-state index in [9.17, 15) is 18.4 Å². The van der Waals surface area contributed by atoms with Crippen LogP contribution in [0.25, 0.3) is 0 Å². The standard InChI is InChI=1S/C20H28ClF2NO5/c1-19(2,3)28-17(25)24(18(26)29-20(4,5)6)8-7-9-27-13-10-15(22)14(12-21)16(23)11-13/h10-11H,7-9,12H2,1-6H3. The van der Waals surface area contributed by atoms with Crippen molar-refractivity contribution in [1.29, 1.82) is 0 Å². The van der Waals surface area contributed by atoms with E-state index in [0.717, 1.165) is 17.0 Å². The van der Waals surface area contributed by atoms with E-state index in [1.165, 1.54) is 0 Å². The van der Waals surface area contributed by atoms with Crippen LogP contribution in [0.5, 0.6) is 5.75 Å². The van der Waals surface area contributed by atoms with Crippen LogP contribution >= 0.6 is 11.6 Å². The van der Waals surface area contributed by atoms with Gasteiger partial charge in [-0.05, 0) is 48.0 Å². The van der Waals surface area contributed by atoms with Crippen molar-refractivity contribution in [2.24, 2.45) is 0 Å².